The maximum absolute atomic E-state index is 12.4. The highest BCUT2D eigenvalue weighted by Gasteiger charge is 2.22. The Hall–Kier alpha value is -3.19. The molecule has 1 aliphatic rings. The Kier molecular flexibility index (Phi) is 6.97. The summed E-state index contributed by atoms with van der Waals surface area (Å²) in [6.07, 6.45) is 0. The molecule has 0 saturated carbocycles. The van der Waals surface area contributed by atoms with Crippen molar-refractivity contribution in [1.82, 2.24) is 15.1 Å². The van der Waals surface area contributed by atoms with E-state index >= 15 is 0 Å². The van der Waals surface area contributed by atoms with Gasteiger partial charge in [-0.05, 0) is 31.2 Å². The first-order valence-electron chi connectivity index (χ1n) is 9.71. The molecule has 152 valence electrons. The van der Waals surface area contributed by atoms with Crippen LogP contribution in [0.25, 0.3) is 0 Å². The molecule has 7 nitrogen and oxygen atoms in total. The summed E-state index contributed by atoms with van der Waals surface area (Å²) >= 11 is 0. The van der Waals surface area contributed by atoms with Gasteiger partial charge in [0.15, 0.2) is 0 Å². The van der Waals surface area contributed by atoms with Gasteiger partial charge in [0.1, 0.15) is 0 Å². The van der Waals surface area contributed by atoms with Gasteiger partial charge in [0.25, 0.3) is 5.91 Å². The number of carbonyl (C=O) groups excluding carboxylic acids is 3. The first kappa shape index (κ1) is 20.5. The van der Waals surface area contributed by atoms with Crippen LogP contribution in [0, 0.1) is 6.92 Å². The van der Waals surface area contributed by atoms with E-state index in [4.69, 9.17) is 0 Å². The molecule has 3 rings (SSSR count). The molecule has 1 fully saturated rings. The van der Waals surface area contributed by atoms with Gasteiger partial charge in [-0.15, -0.1) is 0 Å². The first-order chi connectivity index (χ1) is 14.0. The van der Waals surface area contributed by atoms with Crippen LogP contribution in [0.15, 0.2) is 54.6 Å². The van der Waals surface area contributed by atoms with Crippen LogP contribution in [0.5, 0.6) is 0 Å². The molecule has 0 unspecified atom stereocenters. The summed E-state index contributed by atoms with van der Waals surface area (Å²) in [4.78, 5) is 40.4. The summed E-state index contributed by atoms with van der Waals surface area (Å²) in [5, 5.41) is 5.54. The van der Waals surface area contributed by atoms with Gasteiger partial charge >= 0.3 is 0 Å². The SMILES string of the molecule is Cc1ccc(C(=O)NCC(=O)N2CCN(CC(=O)Nc3ccccc3)CC2)cc1. The summed E-state index contributed by atoms with van der Waals surface area (Å²) in [5.41, 5.74) is 2.39. The molecule has 0 atom stereocenters. The average molecular weight is 394 g/mol. The molecule has 0 spiro atoms. The van der Waals surface area contributed by atoms with Crippen molar-refractivity contribution in [1.29, 1.82) is 0 Å². The van der Waals surface area contributed by atoms with E-state index in [9.17, 15) is 14.4 Å². The Balaban J connectivity index is 1.38. The minimum absolute atomic E-state index is 0.0266. The largest absolute Gasteiger partial charge is 0.343 e. The van der Waals surface area contributed by atoms with Crippen molar-refractivity contribution in [2.75, 3.05) is 44.6 Å². The zero-order chi connectivity index (χ0) is 20.6. The van der Waals surface area contributed by atoms with Gasteiger partial charge in [-0.2, -0.15) is 0 Å². The van der Waals surface area contributed by atoms with E-state index in [1.807, 2.05) is 54.3 Å². The van der Waals surface area contributed by atoms with Gasteiger partial charge in [-0.3, -0.25) is 19.3 Å². The van der Waals surface area contributed by atoms with Crippen LogP contribution in [0.1, 0.15) is 15.9 Å². The van der Waals surface area contributed by atoms with Gasteiger partial charge in [-0.1, -0.05) is 35.9 Å². The van der Waals surface area contributed by atoms with E-state index in [2.05, 4.69) is 10.6 Å². The number of hydrogen-bond donors (Lipinski definition) is 2. The first-order valence-corrected chi connectivity index (χ1v) is 9.71. The number of nitrogens with one attached hydrogen (secondary N) is 2. The van der Waals surface area contributed by atoms with Crippen molar-refractivity contribution in [2.45, 2.75) is 6.92 Å². The second-order valence-electron chi connectivity index (χ2n) is 7.12. The fourth-order valence-electron chi connectivity index (χ4n) is 3.16. The Labute approximate surface area is 170 Å². The molecule has 2 aromatic carbocycles. The summed E-state index contributed by atoms with van der Waals surface area (Å²) in [7, 11) is 0. The zero-order valence-electron chi connectivity index (χ0n) is 16.6. The van der Waals surface area contributed by atoms with Crippen LogP contribution in [-0.4, -0.2) is 66.8 Å². The normalized spacial score (nSPS) is 14.3. The lowest BCUT2D eigenvalue weighted by molar-refractivity contribution is -0.132. The van der Waals surface area contributed by atoms with Crippen molar-refractivity contribution >= 4 is 23.4 Å². The molecule has 0 bridgehead atoms. The summed E-state index contributed by atoms with van der Waals surface area (Å²) < 4.78 is 0. The van der Waals surface area contributed by atoms with Crippen molar-refractivity contribution in [3.8, 4) is 0 Å². The van der Waals surface area contributed by atoms with Crippen LogP contribution in [0.4, 0.5) is 5.69 Å². The minimum atomic E-state index is -0.255. The van der Waals surface area contributed by atoms with Crippen LogP contribution in [0.2, 0.25) is 0 Å². The van der Waals surface area contributed by atoms with Crippen molar-refractivity contribution in [3.63, 3.8) is 0 Å². The molecule has 7 heteroatoms. The molecule has 0 aliphatic carbocycles. The predicted molar refractivity (Wildman–Crippen MR) is 112 cm³/mol. The number of para-hydroxylation sites is 1. The third-order valence-corrected chi connectivity index (χ3v) is 4.86. The fourth-order valence-corrected chi connectivity index (χ4v) is 3.16. The molecule has 0 radical (unpaired) electrons. The summed E-state index contributed by atoms with van der Waals surface area (Å²) in [6.45, 7) is 4.55. The number of nitrogens with zero attached hydrogens (tertiary/aromatic N) is 2. The van der Waals surface area contributed by atoms with Gasteiger partial charge in [0.2, 0.25) is 11.8 Å². The molecular weight excluding hydrogens is 368 g/mol. The number of benzene rings is 2. The van der Waals surface area contributed by atoms with Gasteiger partial charge in [-0.25, -0.2) is 0 Å². The number of piperazine rings is 1. The fraction of sp³-hybridized carbons (Fsp3) is 0.318. The lowest BCUT2D eigenvalue weighted by Crippen LogP contribution is -2.52. The smallest absolute Gasteiger partial charge is 0.251 e. The molecule has 29 heavy (non-hydrogen) atoms. The Bertz CT molecular complexity index is 844. The van der Waals surface area contributed by atoms with E-state index in [0.717, 1.165) is 11.3 Å². The summed E-state index contributed by atoms with van der Waals surface area (Å²) in [6, 6.07) is 16.6. The molecule has 3 amide bonds. The third-order valence-electron chi connectivity index (χ3n) is 4.86. The van der Waals surface area contributed by atoms with E-state index in [1.165, 1.54) is 0 Å². The monoisotopic (exact) mass is 394 g/mol. The second kappa shape index (κ2) is 9.84. The van der Waals surface area contributed by atoms with Crippen LogP contribution >= 0.6 is 0 Å². The number of anilines is 1. The van der Waals surface area contributed by atoms with Crippen molar-refractivity contribution in [3.05, 3.63) is 65.7 Å². The highest BCUT2D eigenvalue weighted by Crippen LogP contribution is 2.07. The van der Waals surface area contributed by atoms with E-state index < -0.39 is 0 Å². The van der Waals surface area contributed by atoms with Crippen LogP contribution < -0.4 is 10.6 Å². The molecule has 0 aromatic heterocycles. The van der Waals surface area contributed by atoms with Crippen molar-refractivity contribution < 1.29 is 14.4 Å². The standard InChI is InChI=1S/C22H26N4O3/c1-17-7-9-18(10-8-17)22(29)23-15-21(28)26-13-11-25(12-14-26)16-20(27)24-19-5-3-2-4-6-19/h2-10H,11-16H2,1H3,(H,23,29)(H,24,27). The molecule has 1 saturated heterocycles. The van der Waals surface area contributed by atoms with Crippen LogP contribution in [0.3, 0.4) is 0 Å². The molecule has 2 aromatic rings. The maximum Gasteiger partial charge on any atom is 0.251 e. The molecule has 2 N–H and O–H groups in total. The van der Waals surface area contributed by atoms with Crippen LogP contribution in [-0.2, 0) is 9.59 Å². The number of aryl methyl sites for hydroxylation is 1. The Morgan fingerprint density at radius 2 is 1.55 bits per heavy atom. The third kappa shape index (κ3) is 6.15. The topological polar surface area (TPSA) is 81.8 Å². The highest BCUT2D eigenvalue weighted by molar-refractivity contribution is 5.96. The number of hydrogen-bond acceptors (Lipinski definition) is 4. The Morgan fingerprint density at radius 1 is 0.897 bits per heavy atom. The van der Waals surface area contributed by atoms with Gasteiger partial charge in [0, 0.05) is 37.4 Å². The zero-order valence-corrected chi connectivity index (χ0v) is 16.6. The lowest BCUT2D eigenvalue weighted by atomic mass is 10.1. The van der Waals surface area contributed by atoms with Gasteiger partial charge < -0.3 is 15.5 Å². The average Bonchev–Trinajstić information content (AvgIpc) is 2.73. The molecular formula is C22H26N4O3. The molecule has 1 heterocycles. The minimum Gasteiger partial charge on any atom is -0.343 e. The number of rotatable bonds is 6. The van der Waals surface area contributed by atoms with Crippen molar-refractivity contribution in [2.24, 2.45) is 0 Å². The van der Waals surface area contributed by atoms with E-state index in [-0.39, 0.29) is 24.3 Å². The number of amides is 3. The maximum atomic E-state index is 12.4. The summed E-state index contributed by atoms with van der Waals surface area (Å²) in [5.74, 6) is -0.435. The van der Waals surface area contributed by atoms with Gasteiger partial charge in [0.05, 0.1) is 13.1 Å². The predicted octanol–water partition coefficient (Wildman–Crippen LogP) is 1.51. The highest BCUT2D eigenvalue weighted by atomic mass is 16.2. The quantitative estimate of drug-likeness (QED) is 0.778. The Morgan fingerprint density at radius 3 is 2.21 bits per heavy atom. The lowest BCUT2D eigenvalue weighted by Gasteiger charge is -2.34. The van der Waals surface area contributed by atoms with E-state index in [0.29, 0.717) is 38.3 Å². The second-order valence-corrected chi connectivity index (χ2v) is 7.12. The van der Waals surface area contributed by atoms with E-state index in [1.54, 1.807) is 17.0 Å². The number of carbonyl (C=O) groups is 3. The molecule has 1 aliphatic heterocycles.